The lowest BCUT2D eigenvalue weighted by Crippen LogP contribution is -1.77. The third-order valence-corrected chi connectivity index (χ3v) is 2.52. The summed E-state index contributed by atoms with van der Waals surface area (Å²) >= 11 is 0. The summed E-state index contributed by atoms with van der Waals surface area (Å²) in [7, 11) is 0. The lowest BCUT2D eigenvalue weighted by atomic mass is 10.1. The molecule has 0 aromatic heterocycles. The molecule has 0 fully saturated rings. The predicted molar refractivity (Wildman–Crippen MR) is 76.1 cm³/mol. The van der Waals surface area contributed by atoms with Crippen molar-refractivity contribution in [3.8, 4) is 0 Å². The molecule has 0 aromatic rings. The van der Waals surface area contributed by atoms with Crippen LogP contribution in [-0.4, -0.2) is 6.29 Å². The Balaban J connectivity index is 3.31. The molecule has 0 atom stereocenters. The second kappa shape index (κ2) is 14.9. The summed E-state index contributed by atoms with van der Waals surface area (Å²) in [6.45, 7) is 2.21. The highest BCUT2D eigenvalue weighted by Crippen LogP contribution is 2.02. The zero-order valence-electron chi connectivity index (χ0n) is 11.1. The van der Waals surface area contributed by atoms with E-state index in [4.69, 9.17) is 0 Å². The van der Waals surface area contributed by atoms with Crippen molar-refractivity contribution < 1.29 is 4.79 Å². The molecule has 0 aliphatic carbocycles. The molecule has 0 radical (unpaired) electrons. The van der Waals surface area contributed by atoms with Crippen molar-refractivity contribution in [1.29, 1.82) is 0 Å². The molecule has 0 heterocycles. The minimum atomic E-state index is 0.714. The first-order chi connectivity index (χ1) is 8.41. The molecule has 0 amide bonds. The third-order valence-electron chi connectivity index (χ3n) is 2.52. The molecule has 0 saturated heterocycles. The Kier molecular flexibility index (Phi) is 13.9. The highest BCUT2D eigenvalue weighted by atomic mass is 16.1. The number of carbonyl (C=O) groups excluding carboxylic acids is 1. The van der Waals surface area contributed by atoms with Gasteiger partial charge >= 0.3 is 0 Å². The van der Waals surface area contributed by atoms with Gasteiger partial charge in [-0.05, 0) is 25.7 Å². The average Bonchev–Trinajstić information content (AvgIpc) is 2.35. The maximum absolute atomic E-state index is 10.1. The van der Waals surface area contributed by atoms with Crippen LogP contribution >= 0.6 is 0 Å². The molecular formula is C16H26O. The average molecular weight is 234 g/mol. The van der Waals surface area contributed by atoms with Gasteiger partial charge in [0.25, 0.3) is 0 Å². The Morgan fingerprint density at radius 3 is 1.88 bits per heavy atom. The molecule has 17 heavy (non-hydrogen) atoms. The molecule has 0 saturated carbocycles. The van der Waals surface area contributed by atoms with Crippen LogP contribution in [0, 0.1) is 0 Å². The SMILES string of the molecule is CCCC/C=C/C=C/C=C\CCCCCC=O. The summed E-state index contributed by atoms with van der Waals surface area (Å²) in [5.74, 6) is 0. The fourth-order valence-corrected chi connectivity index (χ4v) is 1.47. The molecule has 96 valence electrons. The molecule has 1 heteroatoms. The molecule has 0 bridgehead atoms. The summed E-state index contributed by atoms with van der Waals surface area (Å²) in [6.07, 6.45) is 22.7. The van der Waals surface area contributed by atoms with Crippen LogP contribution in [0.25, 0.3) is 0 Å². The summed E-state index contributed by atoms with van der Waals surface area (Å²) in [6, 6.07) is 0. The Morgan fingerprint density at radius 1 is 0.706 bits per heavy atom. The van der Waals surface area contributed by atoms with Gasteiger partial charge in [-0.1, -0.05) is 62.6 Å². The van der Waals surface area contributed by atoms with Crippen LogP contribution in [0.3, 0.4) is 0 Å². The second-order valence-electron chi connectivity index (χ2n) is 4.19. The maximum Gasteiger partial charge on any atom is 0.119 e. The van der Waals surface area contributed by atoms with Gasteiger partial charge in [-0.25, -0.2) is 0 Å². The molecule has 0 aliphatic rings. The van der Waals surface area contributed by atoms with Crippen LogP contribution in [-0.2, 0) is 4.79 Å². The first kappa shape index (κ1) is 15.9. The van der Waals surface area contributed by atoms with E-state index in [-0.39, 0.29) is 0 Å². The summed E-state index contributed by atoms with van der Waals surface area (Å²) in [5.41, 5.74) is 0. The largest absolute Gasteiger partial charge is 0.303 e. The van der Waals surface area contributed by atoms with Crippen molar-refractivity contribution in [3.63, 3.8) is 0 Å². The van der Waals surface area contributed by atoms with Gasteiger partial charge < -0.3 is 4.79 Å². The number of rotatable bonds is 11. The highest BCUT2D eigenvalue weighted by Gasteiger charge is 1.85. The lowest BCUT2D eigenvalue weighted by molar-refractivity contribution is -0.107. The second-order valence-corrected chi connectivity index (χ2v) is 4.19. The van der Waals surface area contributed by atoms with Gasteiger partial charge in [0.1, 0.15) is 6.29 Å². The van der Waals surface area contributed by atoms with Gasteiger partial charge in [0.05, 0.1) is 0 Å². The fraction of sp³-hybridized carbons (Fsp3) is 0.562. The van der Waals surface area contributed by atoms with Crippen LogP contribution in [0.5, 0.6) is 0 Å². The predicted octanol–water partition coefficient (Wildman–Crippen LogP) is 4.99. The molecular weight excluding hydrogens is 208 g/mol. The van der Waals surface area contributed by atoms with E-state index in [9.17, 15) is 4.79 Å². The van der Waals surface area contributed by atoms with E-state index in [1.54, 1.807) is 0 Å². The number of aldehydes is 1. The smallest absolute Gasteiger partial charge is 0.119 e. The summed E-state index contributed by atoms with van der Waals surface area (Å²) in [5, 5.41) is 0. The Bertz CT molecular complexity index is 236. The third kappa shape index (κ3) is 14.9. The summed E-state index contributed by atoms with van der Waals surface area (Å²) < 4.78 is 0. The van der Waals surface area contributed by atoms with Gasteiger partial charge in [-0.15, -0.1) is 0 Å². The molecule has 0 spiro atoms. The monoisotopic (exact) mass is 234 g/mol. The molecule has 0 aromatic carbocycles. The first-order valence-electron chi connectivity index (χ1n) is 6.83. The zero-order chi connectivity index (χ0) is 12.6. The van der Waals surface area contributed by atoms with Gasteiger partial charge in [-0.2, -0.15) is 0 Å². The molecule has 0 unspecified atom stereocenters. The van der Waals surface area contributed by atoms with Crippen LogP contribution < -0.4 is 0 Å². The van der Waals surface area contributed by atoms with Gasteiger partial charge in [0.15, 0.2) is 0 Å². The van der Waals surface area contributed by atoms with Crippen LogP contribution in [0.1, 0.15) is 58.3 Å². The van der Waals surface area contributed by atoms with Crippen molar-refractivity contribution >= 4 is 6.29 Å². The van der Waals surface area contributed by atoms with Gasteiger partial charge in [0.2, 0.25) is 0 Å². The minimum absolute atomic E-state index is 0.714. The van der Waals surface area contributed by atoms with E-state index in [0.29, 0.717) is 6.42 Å². The number of unbranched alkanes of at least 4 members (excludes halogenated alkanes) is 6. The topological polar surface area (TPSA) is 17.1 Å². The van der Waals surface area contributed by atoms with Crippen molar-refractivity contribution in [2.24, 2.45) is 0 Å². The first-order valence-corrected chi connectivity index (χ1v) is 6.83. The molecule has 0 N–H and O–H groups in total. The van der Waals surface area contributed by atoms with E-state index in [0.717, 1.165) is 25.5 Å². The van der Waals surface area contributed by atoms with Gasteiger partial charge in [-0.3, -0.25) is 0 Å². The normalized spacial score (nSPS) is 12.1. The van der Waals surface area contributed by atoms with E-state index in [1.807, 2.05) is 0 Å². The standard InChI is InChI=1S/C16H26O/c1-2-3-4-5-6-7-8-9-10-11-12-13-14-15-16-17/h5-10,16H,2-4,11-15H2,1H3/b6-5+,8-7+,10-9-. The fourth-order valence-electron chi connectivity index (χ4n) is 1.47. The highest BCUT2D eigenvalue weighted by molar-refractivity contribution is 5.48. The van der Waals surface area contributed by atoms with Crippen LogP contribution in [0.4, 0.5) is 0 Å². The summed E-state index contributed by atoms with van der Waals surface area (Å²) in [4.78, 5) is 10.1. The van der Waals surface area contributed by atoms with Crippen LogP contribution in [0.15, 0.2) is 36.5 Å². The minimum Gasteiger partial charge on any atom is -0.303 e. The Labute approximate surface area is 106 Å². The van der Waals surface area contributed by atoms with Crippen molar-refractivity contribution in [3.05, 3.63) is 36.5 Å². The number of hydrogen-bond acceptors (Lipinski definition) is 1. The molecule has 0 rings (SSSR count). The van der Waals surface area contributed by atoms with E-state index in [2.05, 4.69) is 43.4 Å². The zero-order valence-corrected chi connectivity index (χ0v) is 11.1. The lowest BCUT2D eigenvalue weighted by Gasteiger charge is -1.92. The van der Waals surface area contributed by atoms with E-state index >= 15 is 0 Å². The Morgan fingerprint density at radius 2 is 1.29 bits per heavy atom. The van der Waals surface area contributed by atoms with E-state index < -0.39 is 0 Å². The van der Waals surface area contributed by atoms with Crippen LogP contribution in [0.2, 0.25) is 0 Å². The Hall–Kier alpha value is -1.11. The van der Waals surface area contributed by atoms with E-state index in [1.165, 1.54) is 25.7 Å². The van der Waals surface area contributed by atoms with Crippen molar-refractivity contribution in [2.75, 3.05) is 0 Å². The quantitative estimate of drug-likeness (QED) is 0.279. The molecule has 0 aliphatic heterocycles. The van der Waals surface area contributed by atoms with Crippen molar-refractivity contribution in [1.82, 2.24) is 0 Å². The maximum atomic E-state index is 10.1. The number of hydrogen-bond donors (Lipinski definition) is 0. The number of carbonyl (C=O) groups is 1. The number of allylic oxidation sites excluding steroid dienone is 6. The van der Waals surface area contributed by atoms with Gasteiger partial charge in [0, 0.05) is 6.42 Å². The molecule has 1 nitrogen and oxygen atoms in total. The van der Waals surface area contributed by atoms with Crippen molar-refractivity contribution in [2.45, 2.75) is 58.3 Å².